The highest BCUT2D eigenvalue weighted by molar-refractivity contribution is 9.10. The van der Waals surface area contributed by atoms with Crippen molar-refractivity contribution in [2.24, 2.45) is 11.7 Å². The number of halogens is 1. The average molecular weight is 272 g/mol. The van der Waals surface area contributed by atoms with Gasteiger partial charge in [0.2, 0.25) is 0 Å². The van der Waals surface area contributed by atoms with Crippen molar-refractivity contribution in [3.05, 3.63) is 28.7 Å². The SMILES string of the molecule is NC(CSc1ccccc1Br)C1CC1. The zero-order chi connectivity index (χ0) is 9.97. The summed E-state index contributed by atoms with van der Waals surface area (Å²) in [5, 5.41) is 0. The molecule has 1 aliphatic rings. The maximum Gasteiger partial charge on any atom is 0.0311 e. The second-order valence-corrected chi connectivity index (χ2v) is 5.66. The zero-order valence-electron chi connectivity index (χ0n) is 7.95. The molecule has 1 aliphatic carbocycles. The van der Waals surface area contributed by atoms with Crippen LogP contribution in [0, 0.1) is 5.92 Å². The van der Waals surface area contributed by atoms with E-state index >= 15 is 0 Å². The van der Waals surface area contributed by atoms with Gasteiger partial charge >= 0.3 is 0 Å². The Morgan fingerprint density at radius 2 is 2.14 bits per heavy atom. The minimum atomic E-state index is 0.382. The maximum absolute atomic E-state index is 6.04. The molecule has 0 spiro atoms. The Kier molecular flexibility index (Phi) is 3.52. The molecule has 1 fully saturated rings. The molecular weight excluding hydrogens is 258 g/mol. The van der Waals surface area contributed by atoms with Crippen LogP contribution in [0.15, 0.2) is 33.6 Å². The molecule has 76 valence electrons. The Labute approximate surface area is 97.6 Å². The van der Waals surface area contributed by atoms with E-state index in [1.807, 2.05) is 17.8 Å². The number of nitrogens with two attached hydrogens (primary N) is 1. The van der Waals surface area contributed by atoms with Gasteiger partial charge in [0, 0.05) is 21.2 Å². The van der Waals surface area contributed by atoms with E-state index in [0.29, 0.717) is 6.04 Å². The molecule has 2 rings (SSSR count). The minimum Gasteiger partial charge on any atom is -0.327 e. The van der Waals surface area contributed by atoms with Gasteiger partial charge < -0.3 is 5.73 Å². The maximum atomic E-state index is 6.04. The first kappa shape index (κ1) is 10.5. The average Bonchev–Trinajstić information content (AvgIpc) is 2.99. The lowest BCUT2D eigenvalue weighted by atomic mass is 10.2. The summed E-state index contributed by atoms with van der Waals surface area (Å²) in [7, 11) is 0. The second-order valence-electron chi connectivity index (χ2n) is 3.74. The molecule has 1 aromatic rings. The summed E-state index contributed by atoms with van der Waals surface area (Å²) in [5.74, 6) is 1.83. The molecule has 3 heteroatoms. The highest BCUT2D eigenvalue weighted by Gasteiger charge is 2.28. The van der Waals surface area contributed by atoms with Crippen LogP contribution in [0.4, 0.5) is 0 Å². The third kappa shape index (κ3) is 2.75. The van der Waals surface area contributed by atoms with Gasteiger partial charge in [0.15, 0.2) is 0 Å². The van der Waals surface area contributed by atoms with Gasteiger partial charge in [-0.25, -0.2) is 0 Å². The number of hydrogen-bond donors (Lipinski definition) is 1. The van der Waals surface area contributed by atoms with Gasteiger partial charge in [-0.3, -0.25) is 0 Å². The predicted octanol–water partition coefficient (Wildman–Crippen LogP) is 3.28. The molecule has 0 aliphatic heterocycles. The van der Waals surface area contributed by atoms with Crippen LogP contribution >= 0.6 is 27.7 Å². The van der Waals surface area contributed by atoms with Crippen molar-refractivity contribution < 1.29 is 0 Å². The molecule has 0 bridgehead atoms. The highest BCUT2D eigenvalue weighted by Crippen LogP contribution is 2.35. The van der Waals surface area contributed by atoms with E-state index in [2.05, 4.69) is 34.1 Å². The topological polar surface area (TPSA) is 26.0 Å². The Morgan fingerprint density at radius 3 is 2.79 bits per heavy atom. The molecule has 1 atom stereocenters. The first-order valence-corrected chi connectivity index (χ1v) is 6.68. The van der Waals surface area contributed by atoms with E-state index in [1.54, 1.807) is 0 Å². The minimum absolute atomic E-state index is 0.382. The molecule has 0 heterocycles. The van der Waals surface area contributed by atoms with Crippen LogP contribution in [0.3, 0.4) is 0 Å². The summed E-state index contributed by atoms with van der Waals surface area (Å²) in [6.07, 6.45) is 2.66. The van der Waals surface area contributed by atoms with Gasteiger partial charge in [-0.2, -0.15) is 0 Å². The Bertz CT molecular complexity index is 312. The summed E-state index contributed by atoms with van der Waals surface area (Å²) in [4.78, 5) is 1.30. The van der Waals surface area contributed by atoms with E-state index in [-0.39, 0.29) is 0 Å². The monoisotopic (exact) mass is 271 g/mol. The normalized spacial score (nSPS) is 18.1. The lowest BCUT2D eigenvalue weighted by Crippen LogP contribution is -2.24. The van der Waals surface area contributed by atoms with Crippen molar-refractivity contribution in [3.63, 3.8) is 0 Å². The van der Waals surface area contributed by atoms with Crippen molar-refractivity contribution in [1.82, 2.24) is 0 Å². The van der Waals surface area contributed by atoms with Crippen LogP contribution in [0.2, 0.25) is 0 Å². The number of rotatable bonds is 4. The largest absolute Gasteiger partial charge is 0.327 e. The van der Waals surface area contributed by atoms with Crippen LogP contribution in [0.5, 0.6) is 0 Å². The van der Waals surface area contributed by atoms with E-state index in [4.69, 9.17) is 5.73 Å². The van der Waals surface area contributed by atoms with E-state index < -0.39 is 0 Å². The third-order valence-corrected chi connectivity index (χ3v) is 4.67. The molecule has 0 aromatic heterocycles. The van der Waals surface area contributed by atoms with Gasteiger partial charge in [0.05, 0.1) is 0 Å². The smallest absolute Gasteiger partial charge is 0.0311 e. The van der Waals surface area contributed by atoms with E-state index in [0.717, 1.165) is 11.7 Å². The lowest BCUT2D eigenvalue weighted by Gasteiger charge is -2.10. The van der Waals surface area contributed by atoms with Crippen molar-refractivity contribution in [2.45, 2.75) is 23.8 Å². The number of benzene rings is 1. The molecule has 2 N–H and O–H groups in total. The zero-order valence-corrected chi connectivity index (χ0v) is 10.4. The first-order valence-electron chi connectivity index (χ1n) is 4.90. The van der Waals surface area contributed by atoms with Gasteiger partial charge in [0.25, 0.3) is 0 Å². The van der Waals surface area contributed by atoms with Gasteiger partial charge in [0.1, 0.15) is 0 Å². The van der Waals surface area contributed by atoms with Crippen molar-refractivity contribution >= 4 is 27.7 Å². The Hall–Kier alpha value is 0.01000. The number of hydrogen-bond acceptors (Lipinski definition) is 2. The molecule has 0 radical (unpaired) electrons. The molecule has 1 saturated carbocycles. The standard InChI is InChI=1S/C11H14BrNS/c12-9-3-1-2-4-11(9)14-7-10(13)8-5-6-8/h1-4,8,10H,5-7,13H2. The fourth-order valence-corrected chi connectivity index (χ4v) is 3.06. The third-order valence-electron chi connectivity index (χ3n) is 2.50. The van der Waals surface area contributed by atoms with Crippen LogP contribution in [0.1, 0.15) is 12.8 Å². The molecule has 0 saturated heterocycles. The predicted molar refractivity (Wildman–Crippen MR) is 65.6 cm³/mol. The van der Waals surface area contributed by atoms with Gasteiger partial charge in [-0.05, 0) is 46.8 Å². The lowest BCUT2D eigenvalue weighted by molar-refractivity contribution is 0.659. The fourth-order valence-electron chi connectivity index (χ4n) is 1.41. The molecule has 14 heavy (non-hydrogen) atoms. The summed E-state index contributed by atoms with van der Waals surface area (Å²) in [5.41, 5.74) is 6.04. The van der Waals surface area contributed by atoms with Crippen molar-refractivity contribution in [3.8, 4) is 0 Å². The van der Waals surface area contributed by atoms with Gasteiger partial charge in [-0.1, -0.05) is 12.1 Å². The van der Waals surface area contributed by atoms with Crippen molar-refractivity contribution in [2.75, 3.05) is 5.75 Å². The second kappa shape index (κ2) is 4.69. The summed E-state index contributed by atoms with van der Waals surface area (Å²) < 4.78 is 1.17. The molecule has 1 nitrogen and oxygen atoms in total. The fraction of sp³-hybridized carbons (Fsp3) is 0.455. The number of thioether (sulfide) groups is 1. The Morgan fingerprint density at radius 1 is 1.43 bits per heavy atom. The van der Waals surface area contributed by atoms with Crippen molar-refractivity contribution in [1.29, 1.82) is 0 Å². The van der Waals surface area contributed by atoms with E-state index in [1.165, 1.54) is 22.2 Å². The van der Waals surface area contributed by atoms with Crippen LogP contribution in [0.25, 0.3) is 0 Å². The van der Waals surface area contributed by atoms with Crippen LogP contribution < -0.4 is 5.73 Å². The quantitative estimate of drug-likeness (QED) is 0.851. The first-order chi connectivity index (χ1) is 6.77. The summed E-state index contributed by atoms with van der Waals surface area (Å²) in [6.45, 7) is 0. The van der Waals surface area contributed by atoms with Crippen LogP contribution in [-0.4, -0.2) is 11.8 Å². The van der Waals surface area contributed by atoms with E-state index in [9.17, 15) is 0 Å². The molecular formula is C11H14BrNS. The van der Waals surface area contributed by atoms with Crippen LogP contribution in [-0.2, 0) is 0 Å². The molecule has 0 amide bonds. The molecule has 1 aromatic carbocycles. The summed E-state index contributed by atoms with van der Waals surface area (Å²) >= 11 is 5.39. The summed E-state index contributed by atoms with van der Waals surface area (Å²) in [6, 6.07) is 8.69. The Balaban J connectivity index is 1.87. The van der Waals surface area contributed by atoms with Gasteiger partial charge in [-0.15, -0.1) is 11.8 Å². The molecule has 1 unspecified atom stereocenters. The highest BCUT2D eigenvalue weighted by atomic mass is 79.9.